The molecule has 1 atom stereocenters. The van der Waals surface area contributed by atoms with Gasteiger partial charge in [0.25, 0.3) is 0 Å². The predicted molar refractivity (Wildman–Crippen MR) is 66.9 cm³/mol. The van der Waals surface area contributed by atoms with Crippen molar-refractivity contribution in [3.05, 3.63) is 0 Å². The van der Waals surface area contributed by atoms with Crippen LogP contribution in [0.5, 0.6) is 0 Å². The molecule has 0 heterocycles. The summed E-state index contributed by atoms with van der Waals surface area (Å²) in [5.74, 6) is 1.28. The Morgan fingerprint density at radius 2 is 2.19 bits per heavy atom. The average molecular weight is 251 g/mol. The molecule has 1 aliphatic carbocycles. The van der Waals surface area contributed by atoms with Crippen molar-refractivity contribution in [3.63, 3.8) is 0 Å². The molecule has 0 aromatic heterocycles. The van der Waals surface area contributed by atoms with Crippen LogP contribution in [0.4, 0.5) is 0 Å². The lowest BCUT2D eigenvalue weighted by Gasteiger charge is -2.11. The smallest absolute Gasteiger partial charge is 0.233 e. The van der Waals surface area contributed by atoms with Crippen molar-refractivity contribution in [2.75, 3.05) is 33.4 Å². The molecule has 0 saturated heterocycles. The molecule has 16 heavy (non-hydrogen) atoms. The molecule has 1 fully saturated rings. The lowest BCUT2D eigenvalue weighted by atomic mass is 10.2. The van der Waals surface area contributed by atoms with Gasteiger partial charge in [0, 0.05) is 13.7 Å². The number of hydrogen-bond donors (Lipinski definition) is 2. The standard InChI is InChI=1S/C11H22N2O2.ClH/c1-9(8-15-2)5-13-11(14)7-12-6-10-3-4-10;/h9-10,12H,3-8H2,1-2H3,(H,13,14);1H. The Kier molecular flexibility index (Phi) is 8.61. The van der Waals surface area contributed by atoms with Gasteiger partial charge in [0.1, 0.15) is 0 Å². The summed E-state index contributed by atoms with van der Waals surface area (Å²) in [4.78, 5) is 11.3. The van der Waals surface area contributed by atoms with Crippen molar-refractivity contribution in [1.82, 2.24) is 10.6 Å². The van der Waals surface area contributed by atoms with E-state index in [0.29, 0.717) is 25.6 Å². The van der Waals surface area contributed by atoms with E-state index in [2.05, 4.69) is 17.6 Å². The zero-order valence-corrected chi connectivity index (χ0v) is 10.9. The van der Waals surface area contributed by atoms with Crippen LogP contribution in [-0.4, -0.2) is 39.3 Å². The highest BCUT2D eigenvalue weighted by atomic mass is 35.5. The van der Waals surface area contributed by atoms with E-state index in [1.807, 2.05) is 0 Å². The Morgan fingerprint density at radius 3 is 2.75 bits per heavy atom. The highest BCUT2D eigenvalue weighted by Crippen LogP contribution is 2.27. The van der Waals surface area contributed by atoms with E-state index < -0.39 is 0 Å². The second-order valence-electron chi connectivity index (χ2n) is 4.44. The largest absolute Gasteiger partial charge is 0.384 e. The quantitative estimate of drug-likeness (QED) is 0.670. The molecule has 1 rings (SSSR count). The first-order valence-electron chi connectivity index (χ1n) is 5.68. The summed E-state index contributed by atoms with van der Waals surface area (Å²) in [6.45, 7) is 4.87. The number of rotatable bonds is 8. The SMILES string of the molecule is COCC(C)CNC(=O)CNCC1CC1.Cl. The molecule has 0 aromatic rings. The molecule has 1 unspecified atom stereocenters. The molecule has 1 aliphatic rings. The van der Waals surface area contributed by atoms with Gasteiger partial charge in [0.2, 0.25) is 5.91 Å². The zero-order valence-electron chi connectivity index (χ0n) is 10.1. The molecule has 1 saturated carbocycles. The number of carbonyl (C=O) groups is 1. The Bertz CT molecular complexity index is 198. The van der Waals surface area contributed by atoms with Gasteiger partial charge in [-0.05, 0) is 31.2 Å². The maximum absolute atomic E-state index is 11.3. The molecular weight excluding hydrogens is 228 g/mol. The van der Waals surface area contributed by atoms with Crippen LogP contribution in [0.15, 0.2) is 0 Å². The number of halogens is 1. The predicted octanol–water partition coefficient (Wildman–Crippen LogP) is 0.806. The summed E-state index contributed by atoms with van der Waals surface area (Å²) in [6.07, 6.45) is 2.64. The molecule has 2 N–H and O–H groups in total. The number of methoxy groups -OCH3 is 1. The number of nitrogens with one attached hydrogen (secondary N) is 2. The molecule has 0 aromatic carbocycles. The van der Waals surface area contributed by atoms with Crippen molar-refractivity contribution < 1.29 is 9.53 Å². The van der Waals surface area contributed by atoms with Gasteiger partial charge >= 0.3 is 0 Å². The summed E-state index contributed by atoms with van der Waals surface area (Å²) in [7, 11) is 1.68. The van der Waals surface area contributed by atoms with Gasteiger partial charge in [0.05, 0.1) is 13.2 Å². The van der Waals surface area contributed by atoms with E-state index in [-0.39, 0.29) is 18.3 Å². The normalized spacial score (nSPS) is 16.4. The lowest BCUT2D eigenvalue weighted by molar-refractivity contribution is -0.120. The Labute approximate surface area is 104 Å². The third-order valence-corrected chi connectivity index (χ3v) is 2.51. The third-order valence-electron chi connectivity index (χ3n) is 2.51. The lowest BCUT2D eigenvalue weighted by Crippen LogP contribution is -2.37. The summed E-state index contributed by atoms with van der Waals surface area (Å²) >= 11 is 0. The van der Waals surface area contributed by atoms with E-state index in [4.69, 9.17) is 4.74 Å². The summed E-state index contributed by atoms with van der Waals surface area (Å²) in [6, 6.07) is 0. The Hall–Kier alpha value is -0.320. The van der Waals surface area contributed by atoms with Crippen molar-refractivity contribution in [3.8, 4) is 0 Å². The first kappa shape index (κ1) is 15.7. The molecule has 4 nitrogen and oxygen atoms in total. The van der Waals surface area contributed by atoms with Crippen LogP contribution in [0, 0.1) is 11.8 Å². The fourth-order valence-electron chi connectivity index (χ4n) is 1.41. The summed E-state index contributed by atoms with van der Waals surface area (Å²) < 4.78 is 4.99. The van der Waals surface area contributed by atoms with Crippen molar-refractivity contribution in [2.24, 2.45) is 11.8 Å². The number of ether oxygens (including phenoxy) is 1. The van der Waals surface area contributed by atoms with E-state index in [0.717, 1.165) is 12.5 Å². The van der Waals surface area contributed by atoms with E-state index >= 15 is 0 Å². The van der Waals surface area contributed by atoms with E-state index in [1.54, 1.807) is 7.11 Å². The van der Waals surface area contributed by atoms with Crippen LogP contribution in [-0.2, 0) is 9.53 Å². The van der Waals surface area contributed by atoms with Gasteiger partial charge in [-0.2, -0.15) is 0 Å². The topological polar surface area (TPSA) is 50.4 Å². The summed E-state index contributed by atoms with van der Waals surface area (Å²) in [5, 5.41) is 6.04. The van der Waals surface area contributed by atoms with Crippen LogP contribution < -0.4 is 10.6 Å². The highest BCUT2D eigenvalue weighted by Gasteiger charge is 2.20. The Balaban J connectivity index is 0.00000225. The molecular formula is C11H23ClN2O2. The minimum absolute atomic E-state index is 0. The zero-order chi connectivity index (χ0) is 11.1. The van der Waals surface area contributed by atoms with Crippen molar-refractivity contribution in [1.29, 1.82) is 0 Å². The third kappa shape index (κ3) is 7.91. The van der Waals surface area contributed by atoms with Crippen LogP contribution in [0.25, 0.3) is 0 Å². The maximum atomic E-state index is 11.3. The summed E-state index contributed by atoms with van der Waals surface area (Å²) in [5.41, 5.74) is 0. The molecule has 0 spiro atoms. The van der Waals surface area contributed by atoms with Crippen molar-refractivity contribution in [2.45, 2.75) is 19.8 Å². The molecule has 0 radical (unpaired) electrons. The molecule has 5 heteroatoms. The first-order valence-corrected chi connectivity index (χ1v) is 5.68. The van der Waals surface area contributed by atoms with Gasteiger partial charge in [-0.25, -0.2) is 0 Å². The van der Waals surface area contributed by atoms with Gasteiger partial charge in [-0.15, -0.1) is 12.4 Å². The van der Waals surface area contributed by atoms with Gasteiger partial charge < -0.3 is 15.4 Å². The van der Waals surface area contributed by atoms with Crippen molar-refractivity contribution >= 4 is 18.3 Å². The average Bonchev–Trinajstić information content (AvgIpc) is 2.99. The van der Waals surface area contributed by atoms with Crippen LogP contribution in [0.2, 0.25) is 0 Å². The minimum Gasteiger partial charge on any atom is -0.384 e. The molecule has 96 valence electrons. The fourth-order valence-corrected chi connectivity index (χ4v) is 1.41. The monoisotopic (exact) mass is 250 g/mol. The Morgan fingerprint density at radius 1 is 1.50 bits per heavy atom. The number of carbonyl (C=O) groups excluding carboxylic acids is 1. The van der Waals surface area contributed by atoms with Crippen LogP contribution >= 0.6 is 12.4 Å². The fraction of sp³-hybridized carbons (Fsp3) is 0.909. The minimum atomic E-state index is 0. The van der Waals surface area contributed by atoms with Gasteiger partial charge in [0.15, 0.2) is 0 Å². The van der Waals surface area contributed by atoms with Gasteiger partial charge in [-0.3, -0.25) is 4.79 Å². The maximum Gasteiger partial charge on any atom is 0.233 e. The van der Waals surface area contributed by atoms with E-state index in [1.165, 1.54) is 12.8 Å². The first-order chi connectivity index (χ1) is 7.22. The van der Waals surface area contributed by atoms with Crippen LogP contribution in [0.3, 0.4) is 0 Å². The number of amides is 1. The van der Waals surface area contributed by atoms with Crippen LogP contribution in [0.1, 0.15) is 19.8 Å². The highest BCUT2D eigenvalue weighted by molar-refractivity contribution is 5.85. The molecule has 1 amide bonds. The van der Waals surface area contributed by atoms with E-state index in [9.17, 15) is 4.79 Å². The number of hydrogen-bond acceptors (Lipinski definition) is 3. The molecule has 0 bridgehead atoms. The second-order valence-corrected chi connectivity index (χ2v) is 4.44. The second kappa shape index (κ2) is 8.79. The molecule has 0 aliphatic heterocycles. The van der Waals surface area contributed by atoms with Gasteiger partial charge in [-0.1, -0.05) is 6.92 Å².